The van der Waals surface area contributed by atoms with Crippen LogP contribution in [0.1, 0.15) is 31.2 Å². The van der Waals surface area contributed by atoms with Gasteiger partial charge >= 0.3 is 0 Å². The average molecular weight is 239 g/mol. The summed E-state index contributed by atoms with van der Waals surface area (Å²) in [7, 11) is 0. The fourth-order valence-corrected chi connectivity index (χ4v) is 2.92. The lowest BCUT2D eigenvalue weighted by Gasteiger charge is -2.24. The summed E-state index contributed by atoms with van der Waals surface area (Å²) in [6.07, 6.45) is 9.26. The van der Waals surface area contributed by atoms with E-state index in [2.05, 4.69) is 15.2 Å². The maximum Gasteiger partial charge on any atom is 0.235 e. The van der Waals surface area contributed by atoms with Crippen LogP contribution in [0.25, 0.3) is 10.8 Å². The van der Waals surface area contributed by atoms with Gasteiger partial charge in [-0.05, 0) is 18.4 Å². The van der Waals surface area contributed by atoms with E-state index < -0.39 is 5.54 Å². The van der Waals surface area contributed by atoms with E-state index in [0.29, 0.717) is 0 Å². The smallest absolute Gasteiger partial charge is 0.211 e. The molecule has 1 aromatic carbocycles. The molecule has 1 saturated carbocycles. The Labute approximate surface area is 105 Å². The van der Waals surface area contributed by atoms with Crippen LogP contribution in [0.5, 0.6) is 0 Å². The lowest BCUT2D eigenvalue weighted by molar-refractivity contribution is 0.459. The van der Waals surface area contributed by atoms with Crippen molar-refractivity contribution in [3.8, 4) is 0 Å². The van der Waals surface area contributed by atoms with Gasteiger partial charge in [0, 0.05) is 10.8 Å². The molecule has 3 rings (SSSR count). The molecule has 0 bridgehead atoms. The molecular weight excluding hydrogens is 226 g/mol. The lowest BCUT2D eigenvalue weighted by atomic mass is 9.86. The van der Waals surface area contributed by atoms with E-state index in [-0.39, 0.29) is 0 Å². The lowest BCUT2D eigenvalue weighted by Crippen LogP contribution is -2.19. The van der Waals surface area contributed by atoms with Gasteiger partial charge in [-0.25, -0.2) is 4.79 Å². The molecule has 2 aromatic rings. The van der Waals surface area contributed by atoms with Gasteiger partial charge in [-0.2, -0.15) is 15.2 Å². The molecule has 0 spiro atoms. The van der Waals surface area contributed by atoms with Crippen LogP contribution in [-0.2, 0) is 10.3 Å². The zero-order valence-electron chi connectivity index (χ0n) is 9.97. The van der Waals surface area contributed by atoms with E-state index in [1.807, 2.05) is 18.2 Å². The predicted molar refractivity (Wildman–Crippen MR) is 67.8 cm³/mol. The molecule has 0 aliphatic heterocycles. The number of hydrogen-bond acceptors (Lipinski definition) is 4. The average Bonchev–Trinajstić information content (AvgIpc) is 2.88. The Kier molecular flexibility index (Phi) is 2.65. The topological polar surface area (TPSA) is 55.2 Å². The van der Waals surface area contributed by atoms with Crippen molar-refractivity contribution in [2.24, 2.45) is 4.99 Å². The molecule has 0 atom stereocenters. The molecule has 1 heterocycles. The third-order valence-electron chi connectivity index (χ3n) is 3.78. The van der Waals surface area contributed by atoms with Gasteiger partial charge in [0.25, 0.3) is 0 Å². The van der Waals surface area contributed by atoms with Crippen LogP contribution in [0, 0.1) is 0 Å². The van der Waals surface area contributed by atoms with Crippen LogP contribution in [0.3, 0.4) is 0 Å². The molecule has 0 radical (unpaired) electrons. The van der Waals surface area contributed by atoms with Crippen molar-refractivity contribution < 1.29 is 4.79 Å². The zero-order valence-corrected chi connectivity index (χ0v) is 9.97. The third kappa shape index (κ3) is 1.62. The second kappa shape index (κ2) is 4.31. The first-order valence-electron chi connectivity index (χ1n) is 6.15. The van der Waals surface area contributed by atoms with Crippen molar-refractivity contribution in [2.45, 2.75) is 31.2 Å². The Bertz CT molecular complexity index is 620. The van der Waals surface area contributed by atoms with Gasteiger partial charge in [-0.3, -0.25) is 0 Å². The highest BCUT2D eigenvalue weighted by Gasteiger charge is 2.36. The molecule has 1 aromatic heterocycles. The summed E-state index contributed by atoms with van der Waals surface area (Å²) < 4.78 is 0. The molecule has 1 aliphatic rings. The van der Waals surface area contributed by atoms with Crippen molar-refractivity contribution in [3.63, 3.8) is 0 Å². The number of carbonyl (C=O) groups excluding carboxylic acids is 1. The first-order valence-corrected chi connectivity index (χ1v) is 6.15. The molecule has 90 valence electrons. The summed E-state index contributed by atoms with van der Waals surface area (Å²) in [5.74, 6) is 0. The molecule has 4 heteroatoms. The van der Waals surface area contributed by atoms with Crippen LogP contribution in [0.2, 0.25) is 0 Å². The number of fused-ring (bicyclic) bond motifs is 1. The van der Waals surface area contributed by atoms with Crippen LogP contribution in [0.4, 0.5) is 0 Å². The second-order valence-corrected chi connectivity index (χ2v) is 4.74. The number of nitrogens with zero attached hydrogens (tertiary/aromatic N) is 3. The Hall–Kier alpha value is -2.06. The van der Waals surface area contributed by atoms with Crippen molar-refractivity contribution in [2.75, 3.05) is 0 Å². The molecular formula is C14H13N3O. The Balaban J connectivity index is 2.27. The number of benzene rings is 1. The summed E-state index contributed by atoms with van der Waals surface area (Å²) in [5.41, 5.74) is 0.681. The van der Waals surface area contributed by atoms with E-state index in [0.717, 1.165) is 42.0 Å². The monoisotopic (exact) mass is 239 g/mol. The summed E-state index contributed by atoms with van der Waals surface area (Å²) in [4.78, 5) is 14.9. The SMILES string of the molecule is O=C=NC1(c2cccc3cnncc23)CCCC1. The van der Waals surface area contributed by atoms with Crippen molar-refractivity contribution in [3.05, 3.63) is 36.2 Å². The molecule has 18 heavy (non-hydrogen) atoms. The van der Waals surface area contributed by atoms with E-state index in [1.54, 1.807) is 18.5 Å². The summed E-state index contributed by atoms with van der Waals surface area (Å²) in [6.45, 7) is 0. The fraction of sp³-hybridized carbons (Fsp3) is 0.357. The number of aromatic nitrogens is 2. The van der Waals surface area contributed by atoms with Gasteiger partial charge in [0.05, 0.1) is 17.9 Å². The minimum absolute atomic E-state index is 0.399. The Morgan fingerprint density at radius 1 is 1.17 bits per heavy atom. The van der Waals surface area contributed by atoms with E-state index >= 15 is 0 Å². The molecule has 1 aliphatic carbocycles. The van der Waals surface area contributed by atoms with Gasteiger partial charge in [-0.15, -0.1) is 0 Å². The number of rotatable bonds is 2. The van der Waals surface area contributed by atoms with Gasteiger partial charge in [0.1, 0.15) is 0 Å². The van der Waals surface area contributed by atoms with Gasteiger partial charge in [0.15, 0.2) is 0 Å². The van der Waals surface area contributed by atoms with Gasteiger partial charge < -0.3 is 0 Å². The van der Waals surface area contributed by atoms with Crippen LogP contribution in [0.15, 0.2) is 35.6 Å². The van der Waals surface area contributed by atoms with E-state index in [4.69, 9.17) is 0 Å². The van der Waals surface area contributed by atoms with Crippen molar-refractivity contribution >= 4 is 16.9 Å². The fourth-order valence-electron chi connectivity index (χ4n) is 2.92. The minimum Gasteiger partial charge on any atom is -0.211 e. The van der Waals surface area contributed by atoms with E-state index in [1.165, 1.54) is 0 Å². The summed E-state index contributed by atoms with van der Waals surface area (Å²) in [5, 5.41) is 9.91. The number of hydrogen-bond donors (Lipinski definition) is 0. The highest BCUT2D eigenvalue weighted by molar-refractivity contribution is 5.85. The maximum absolute atomic E-state index is 10.8. The first kappa shape index (κ1) is 11.1. The summed E-state index contributed by atoms with van der Waals surface area (Å²) in [6, 6.07) is 6.02. The zero-order chi connectivity index (χ0) is 12.4. The Morgan fingerprint density at radius 3 is 2.72 bits per heavy atom. The molecule has 1 fully saturated rings. The largest absolute Gasteiger partial charge is 0.235 e. The molecule has 4 nitrogen and oxygen atoms in total. The molecule has 0 N–H and O–H groups in total. The number of aliphatic imine (C=N–C) groups is 1. The highest BCUT2D eigenvalue weighted by atomic mass is 16.1. The second-order valence-electron chi connectivity index (χ2n) is 4.74. The van der Waals surface area contributed by atoms with Gasteiger partial charge in [0.2, 0.25) is 6.08 Å². The van der Waals surface area contributed by atoms with E-state index in [9.17, 15) is 4.79 Å². The minimum atomic E-state index is -0.399. The van der Waals surface area contributed by atoms with Crippen LogP contribution in [-0.4, -0.2) is 16.3 Å². The maximum atomic E-state index is 10.8. The number of isocyanates is 1. The highest BCUT2D eigenvalue weighted by Crippen LogP contribution is 2.44. The van der Waals surface area contributed by atoms with Crippen molar-refractivity contribution in [1.82, 2.24) is 10.2 Å². The first-order chi connectivity index (χ1) is 8.86. The Morgan fingerprint density at radius 2 is 1.94 bits per heavy atom. The summed E-state index contributed by atoms with van der Waals surface area (Å²) >= 11 is 0. The van der Waals surface area contributed by atoms with Crippen LogP contribution >= 0.6 is 0 Å². The standard InChI is InChI=1S/C14H13N3O/c18-10-15-14(6-1-2-7-14)13-5-3-4-11-8-16-17-9-12(11)13/h3-5,8-9H,1-2,6-7H2. The quantitative estimate of drug-likeness (QED) is 0.598. The normalized spacial score (nSPS) is 17.6. The molecule has 0 unspecified atom stereocenters. The molecule has 0 amide bonds. The predicted octanol–water partition coefficient (Wildman–Crippen LogP) is 2.73. The van der Waals surface area contributed by atoms with Crippen LogP contribution < -0.4 is 0 Å². The van der Waals surface area contributed by atoms with Crippen molar-refractivity contribution in [1.29, 1.82) is 0 Å². The van der Waals surface area contributed by atoms with Gasteiger partial charge in [-0.1, -0.05) is 31.0 Å². The molecule has 0 saturated heterocycles. The third-order valence-corrected chi connectivity index (χ3v) is 3.78.